The zero-order valence-corrected chi connectivity index (χ0v) is 17.6. The highest BCUT2D eigenvalue weighted by atomic mass is 16.2. The lowest BCUT2D eigenvalue weighted by Crippen LogP contribution is -2.52. The van der Waals surface area contributed by atoms with Crippen LogP contribution >= 0.6 is 0 Å². The Bertz CT molecular complexity index is 1140. The van der Waals surface area contributed by atoms with Crippen LogP contribution in [0.25, 0.3) is 0 Å². The Balaban J connectivity index is 1.32. The lowest BCUT2D eigenvalue weighted by molar-refractivity contribution is -0.136. The molecule has 164 valence electrons. The second kappa shape index (κ2) is 8.20. The molecule has 2 aromatic rings. The first kappa shape index (κ1) is 20.4. The van der Waals surface area contributed by atoms with Crippen LogP contribution < -0.4 is 16.0 Å². The van der Waals surface area contributed by atoms with Crippen LogP contribution in [0, 0.1) is 0 Å². The Morgan fingerprint density at radius 2 is 1.84 bits per heavy atom. The number of rotatable bonds is 3. The van der Waals surface area contributed by atoms with E-state index in [1.165, 1.54) is 16.0 Å². The Labute approximate surface area is 185 Å². The van der Waals surface area contributed by atoms with E-state index in [2.05, 4.69) is 22.0 Å². The van der Waals surface area contributed by atoms with Crippen molar-refractivity contribution in [1.29, 1.82) is 0 Å². The number of imide groups is 1. The van der Waals surface area contributed by atoms with Crippen molar-refractivity contribution in [3.8, 4) is 0 Å². The Morgan fingerprint density at radius 1 is 1.00 bits per heavy atom. The molecule has 0 radical (unpaired) electrons. The third kappa shape index (κ3) is 3.78. The summed E-state index contributed by atoms with van der Waals surface area (Å²) in [6.45, 7) is 2.05. The van der Waals surface area contributed by atoms with Gasteiger partial charge in [0.15, 0.2) is 0 Å². The van der Waals surface area contributed by atoms with Gasteiger partial charge in [-0.2, -0.15) is 0 Å². The number of piperidine rings is 1. The lowest BCUT2D eigenvalue weighted by atomic mass is 10.0. The SMILES string of the molecule is O=C1CCC(N2Cc3ccc(C(=O)Nc4ccc5c(c4)CNCCC5)cc3C2=O)C(=O)N1. The summed E-state index contributed by atoms with van der Waals surface area (Å²) in [6.07, 6.45) is 2.64. The molecule has 0 saturated carbocycles. The summed E-state index contributed by atoms with van der Waals surface area (Å²) in [4.78, 5) is 50.9. The number of carbonyl (C=O) groups is 4. The number of carbonyl (C=O) groups excluding carboxylic acids is 4. The van der Waals surface area contributed by atoms with E-state index in [1.54, 1.807) is 18.2 Å². The molecule has 4 amide bonds. The van der Waals surface area contributed by atoms with E-state index < -0.39 is 11.9 Å². The molecule has 5 rings (SSSR count). The van der Waals surface area contributed by atoms with Crippen LogP contribution in [0.3, 0.4) is 0 Å². The number of amides is 4. The van der Waals surface area contributed by atoms with Gasteiger partial charge in [-0.1, -0.05) is 12.1 Å². The highest BCUT2D eigenvalue weighted by Gasteiger charge is 2.39. The molecular formula is C24H24N4O4. The van der Waals surface area contributed by atoms with Crippen molar-refractivity contribution in [3.63, 3.8) is 0 Å². The number of anilines is 1. The van der Waals surface area contributed by atoms with E-state index in [9.17, 15) is 19.2 Å². The fourth-order valence-corrected chi connectivity index (χ4v) is 4.64. The first-order valence-corrected chi connectivity index (χ1v) is 10.9. The van der Waals surface area contributed by atoms with Crippen molar-refractivity contribution in [1.82, 2.24) is 15.5 Å². The summed E-state index contributed by atoms with van der Waals surface area (Å²) in [5.74, 6) is -1.34. The lowest BCUT2D eigenvalue weighted by Gasteiger charge is -2.29. The third-order valence-corrected chi connectivity index (χ3v) is 6.37. The molecule has 8 nitrogen and oxygen atoms in total. The van der Waals surface area contributed by atoms with Gasteiger partial charge in [-0.3, -0.25) is 24.5 Å². The predicted octanol–water partition coefficient (Wildman–Crippen LogP) is 1.74. The van der Waals surface area contributed by atoms with Crippen LogP contribution in [0.15, 0.2) is 36.4 Å². The monoisotopic (exact) mass is 432 g/mol. The molecule has 3 aliphatic rings. The van der Waals surface area contributed by atoms with Crippen LogP contribution in [0.2, 0.25) is 0 Å². The van der Waals surface area contributed by atoms with Gasteiger partial charge in [0.2, 0.25) is 11.8 Å². The summed E-state index contributed by atoms with van der Waals surface area (Å²) in [6, 6.07) is 10.3. The van der Waals surface area contributed by atoms with Gasteiger partial charge < -0.3 is 15.5 Å². The first-order valence-electron chi connectivity index (χ1n) is 10.9. The van der Waals surface area contributed by atoms with Crippen molar-refractivity contribution >= 4 is 29.3 Å². The van der Waals surface area contributed by atoms with Crippen LogP contribution in [0.4, 0.5) is 5.69 Å². The Morgan fingerprint density at radius 3 is 2.69 bits per heavy atom. The first-order chi connectivity index (χ1) is 15.5. The highest BCUT2D eigenvalue weighted by Crippen LogP contribution is 2.28. The van der Waals surface area contributed by atoms with Gasteiger partial charge in [0.1, 0.15) is 6.04 Å². The molecule has 32 heavy (non-hydrogen) atoms. The van der Waals surface area contributed by atoms with Crippen molar-refractivity contribution in [2.45, 2.75) is 44.8 Å². The van der Waals surface area contributed by atoms with Gasteiger partial charge in [0.25, 0.3) is 11.8 Å². The fourth-order valence-electron chi connectivity index (χ4n) is 4.64. The van der Waals surface area contributed by atoms with E-state index in [4.69, 9.17) is 0 Å². The van der Waals surface area contributed by atoms with E-state index in [0.717, 1.165) is 37.2 Å². The molecule has 8 heteroatoms. The molecule has 0 spiro atoms. The molecule has 1 saturated heterocycles. The predicted molar refractivity (Wildman–Crippen MR) is 117 cm³/mol. The molecule has 0 bridgehead atoms. The van der Waals surface area contributed by atoms with Gasteiger partial charge >= 0.3 is 0 Å². The van der Waals surface area contributed by atoms with Crippen LogP contribution in [0.5, 0.6) is 0 Å². The zero-order chi connectivity index (χ0) is 22.2. The van der Waals surface area contributed by atoms with E-state index in [1.807, 2.05) is 12.1 Å². The number of hydrogen-bond acceptors (Lipinski definition) is 5. The number of nitrogens with zero attached hydrogens (tertiary/aromatic N) is 1. The molecule has 0 aliphatic carbocycles. The van der Waals surface area contributed by atoms with Crippen LogP contribution in [0.1, 0.15) is 56.7 Å². The minimum absolute atomic E-state index is 0.209. The minimum Gasteiger partial charge on any atom is -0.322 e. The van der Waals surface area contributed by atoms with E-state index in [-0.39, 0.29) is 24.1 Å². The fraction of sp³-hybridized carbons (Fsp3) is 0.333. The highest BCUT2D eigenvalue weighted by molar-refractivity contribution is 6.08. The molecular weight excluding hydrogens is 408 g/mol. The van der Waals surface area contributed by atoms with Crippen molar-refractivity contribution in [2.24, 2.45) is 0 Å². The largest absolute Gasteiger partial charge is 0.322 e. The number of fused-ring (bicyclic) bond motifs is 2. The molecule has 1 unspecified atom stereocenters. The number of benzene rings is 2. The second-order valence-electron chi connectivity index (χ2n) is 8.49. The average Bonchev–Trinajstić information content (AvgIpc) is 2.94. The summed E-state index contributed by atoms with van der Waals surface area (Å²) < 4.78 is 0. The van der Waals surface area contributed by atoms with Crippen molar-refractivity contribution < 1.29 is 19.2 Å². The molecule has 2 aromatic carbocycles. The maximum absolute atomic E-state index is 13.0. The summed E-state index contributed by atoms with van der Waals surface area (Å²) in [5, 5.41) is 8.61. The van der Waals surface area contributed by atoms with Gasteiger partial charge in [-0.05, 0) is 66.8 Å². The summed E-state index contributed by atoms with van der Waals surface area (Å²) in [5.41, 5.74) is 4.78. The molecule has 3 aliphatic heterocycles. The topological polar surface area (TPSA) is 108 Å². The normalized spacial score (nSPS) is 20.3. The molecule has 1 atom stereocenters. The van der Waals surface area contributed by atoms with E-state index in [0.29, 0.717) is 24.1 Å². The number of hydrogen-bond donors (Lipinski definition) is 3. The standard InChI is InChI=1S/C24H24N4O4/c29-21-8-7-20(23(31)27-21)28-13-16-4-3-15(11-19(16)24(28)32)22(30)26-18-6-5-14-2-1-9-25-12-17(14)10-18/h3-6,10-11,20,25H,1-2,7-9,12-13H2,(H,26,30)(H,27,29,31). The van der Waals surface area contributed by atoms with Crippen LogP contribution in [-0.4, -0.2) is 41.1 Å². The van der Waals surface area contributed by atoms with Gasteiger partial charge in [0.05, 0.1) is 0 Å². The van der Waals surface area contributed by atoms with Gasteiger partial charge in [-0.15, -0.1) is 0 Å². The van der Waals surface area contributed by atoms with Crippen molar-refractivity contribution in [3.05, 3.63) is 64.2 Å². The minimum atomic E-state index is -0.668. The summed E-state index contributed by atoms with van der Waals surface area (Å²) >= 11 is 0. The van der Waals surface area contributed by atoms with E-state index >= 15 is 0 Å². The van der Waals surface area contributed by atoms with Gasteiger partial charge in [-0.25, -0.2) is 0 Å². The molecule has 1 fully saturated rings. The maximum atomic E-state index is 13.0. The smallest absolute Gasteiger partial charge is 0.255 e. The zero-order valence-electron chi connectivity index (χ0n) is 17.6. The third-order valence-electron chi connectivity index (χ3n) is 6.37. The number of aryl methyl sites for hydroxylation is 1. The number of nitrogens with one attached hydrogen (secondary N) is 3. The molecule has 3 heterocycles. The summed E-state index contributed by atoms with van der Waals surface area (Å²) in [7, 11) is 0. The molecule has 0 aromatic heterocycles. The van der Waals surface area contributed by atoms with Crippen LogP contribution in [-0.2, 0) is 29.1 Å². The maximum Gasteiger partial charge on any atom is 0.255 e. The quantitative estimate of drug-likeness (QED) is 0.641. The Kier molecular flexibility index (Phi) is 5.22. The second-order valence-corrected chi connectivity index (χ2v) is 8.49. The Hall–Kier alpha value is -3.52. The van der Waals surface area contributed by atoms with Crippen molar-refractivity contribution in [2.75, 3.05) is 11.9 Å². The van der Waals surface area contributed by atoms with Gasteiger partial charge in [0, 0.05) is 36.3 Å². The average molecular weight is 432 g/mol. The molecule has 3 N–H and O–H groups in total.